The molecule has 3 rings (SSSR count). The molecule has 2 aromatic rings. The maximum Gasteiger partial charge on any atom is 0.128 e. The number of aryl methyl sites for hydroxylation is 1. The van der Waals surface area contributed by atoms with Gasteiger partial charge in [0.25, 0.3) is 0 Å². The molecule has 0 saturated carbocycles. The van der Waals surface area contributed by atoms with Crippen molar-refractivity contribution in [3.05, 3.63) is 40.8 Å². The van der Waals surface area contributed by atoms with Crippen molar-refractivity contribution in [1.82, 2.24) is 0 Å². The van der Waals surface area contributed by atoms with Crippen LogP contribution in [0.15, 0.2) is 29.6 Å². The first-order chi connectivity index (χ1) is 6.84. The molecule has 0 bridgehead atoms. The molecule has 14 heavy (non-hydrogen) atoms. The van der Waals surface area contributed by atoms with Crippen molar-refractivity contribution in [3.63, 3.8) is 0 Å². The monoisotopic (exact) mass is 202 g/mol. The van der Waals surface area contributed by atoms with E-state index >= 15 is 0 Å². The quantitative estimate of drug-likeness (QED) is 0.634. The molecule has 0 fully saturated rings. The van der Waals surface area contributed by atoms with Gasteiger partial charge < -0.3 is 4.74 Å². The lowest BCUT2D eigenvalue weighted by Crippen LogP contribution is -2.02. The number of fused-ring (bicyclic) bond motifs is 3. The Hall–Kier alpha value is -1.28. The first-order valence-electron chi connectivity index (χ1n) is 4.65. The minimum Gasteiger partial charge on any atom is -0.488 e. The predicted octanol–water partition coefficient (Wildman–Crippen LogP) is 3.62. The molecular weight excluding hydrogens is 192 g/mol. The molecule has 1 aliphatic heterocycles. The van der Waals surface area contributed by atoms with E-state index in [1.54, 1.807) is 11.3 Å². The largest absolute Gasteiger partial charge is 0.488 e. The van der Waals surface area contributed by atoms with Crippen LogP contribution in [0.4, 0.5) is 0 Å². The van der Waals surface area contributed by atoms with Crippen LogP contribution in [0.5, 0.6) is 5.75 Å². The zero-order valence-electron chi connectivity index (χ0n) is 7.91. The lowest BCUT2D eigenvalue weighted by atomic mass is 10.0. The third kappa shape index (κ3) is 1.07. The fraction of sp³-hybridized carbons (Fsp3) is 0.167. The Labute approximate surface area is 87.0 Å². The molecule has 0 radical (unpaired) electrons. The molecule has 0 N–H and O–H groups in total. The maximum absolute atomic E-state index is 5.67. The summed E-state index contributed by atoms with van der Waals surface area (Å²) < 4.78 is 5.67. The minimum atomic E-state index is 0.717. The van der Waals surface area contributed by atoms with Crippen molar-refractivity contribution in [2.24, 2.45) is 0 Å². The first-order valence-corrected chi connectivity index (χ1v) is 5.53. The van der Waals surface area contributed by atoms with Crippen molar-refractivity contribution >= 4 is 11.3 Å². The summed E-state index contributed by atoms with van der Waals surface area (Å²) in [5.41, 5.74) is 3.85. The van der Waals surface area contributed by atoms with Crippen molar-refractivity contribution < 1.29 is 4.74 Å². The summed E-state index contributed by atoms with van der Waals surface area (Å²) in [5, 5.41) is 2.13. The summed E-state index contributed by atoms with van der Waals surface area (Å²) in [5.74, 6) is 1.02. The normalized spacial score (nSPS) is 12.9. The van der Waals surface area contributed by atoms with E-state index < -0.39 is 0 Å². The highest BCUT2D eigenvalue weighted by molar-refractivity contribution is 7.13. The zero-order chi connectivity index (χ0) is 9.54. The van der Waals surface area contributed by atoms with Crippen molar-refractivity contribution in [1.29, 1.82) is 0 Å². The van der Waals surface area contributed by atoms with Gasteiger partial charge in [0.1, 0.15) is 12.4 Å². The summed E-state index contributed by atoms with van der Waals surface area (Å²) >= 11 is 1.80. The number of hydrogen-bond donors (Lipinski definition) is 0. The number of rotatable bonds is 0. The second-order valence-electron chi connectivity index (χ2n) is 3.56. The second kappa shape index (κ2) is 2.85. The van der Waals surface area contributed by atoms with E-state index in [0.29, 0.717) is 0 Å². The van der Waals surface area contributed by atoms with Crippen LogP contribution in [0.1, 0.15) is 11.1 Å². The molecule has 2 heteroatoms. The van der Waals surface area contributed by atoms with Crippen LogP contribution in [0, 0.1) is 6.92 Å². The van der Waals surface area contributed by atoms with Crippen LogP contribution in [-0.2, 0) is 6.61 Å². The molecule has 1 aliphatic rings. The minimum absolute atomic E-state index is 0.717. The van der Waals surface area contributed by atoms with Crippen LogP contribution < -0.4 is 4.74 Å². The summed E-state index contributed by atoms with van der Waals surface area (Å²) in [6.07, 6.45) is 0. The molecule has 1 nitrogen and oxygen atoms in total. The van der Waals surface area contributed by atoms with E-state index in [2.05, 4.69) is 36.6 Å². The topological polar surface area (TPSA) is 9.23 Å². The summed E-state index contributed by atoms with van der Waals surface area (Å²) in [6, 6.07) is 8.50. The summed E-state index contributed by atoms with van der Waals surface area (Å²) in [7, 11) is 0. The average Bonchev–Trinajstić information content (AvgIpc) is 2.65. The van der Waals surface area contributed by atoms with E-state index in [9.17, 15) is 0 Å². The first kappa shape index (κ1) is 8.06. The van der Waals surface area contributed by atoms with Gasteiger partial charge in [-0.15, -0.1) is 11.3 Å². The Morgan fingerprint density at radius 3 is 3.14 bits per heavy atom. The Kier molecular flexibility index (Phi) is 1.64. The number of thiophene rings is 1. The highest BCUT2D eigenvalue weighted by Crippen LogP contribution is 2.40. The van der Waals surface area contributed by atoms with Crippen LogP contribution in [0.2, 0.25) is 0 Å². The smallest absolute Gasteiger partial charge is 0.128 e. The van der Waals surface area contributed by atoms with Crippen LogP contribution in [0.25, 0.3) is 10.4 Å². The highest BCUT2D eigenvalue weighted by atomic mass is 32.1. The van der Waals surface area contributed by atoms with Gasteiger partial charge >= 0.3 is 0 Å². The maximum atomic E-state index is 5.67. The van der Waals surface area contributed by atoms with Gasteiger partial charge in [-0.2, -0.15) is 0 Å². The standard InChI is InChI=1S/C12H10OS/c1-8-2-3-11-10(6-8)12-9(7-13-11)4-5-14-12/h2-6H,7H2,1H3. The second-order valence-corrected chi connectivity index (χ2v) is 4.48. The Morgan fingerprint density at radius 2 is 2.21 bits per heavy atom. The number of ether oxygens (including phenoxy) is 1. The van der Waals surface area contributed by atoms with E-state index in [4.69, 9.17) is 4.74 Å². The van der Waals surface area contributed by atoms with Gasteiger partial charge in [-0.3, -0.25) is 0 Å². The lowest BCUT2D eigenvalue weighted by Gasteiger charge is -2.17. The molecule has 0 spiro atoms. The van der Waals surface area contributed by atoms with Crippen LogP contribution in [0.3, 0.4) is 0 Å². The van der Waals surface area contributed by atoms with Crippen molar-refractivity contribution in [2.45, 2.75) is 13.5 Å². The van der Waals surface area contributed by atoms with E-state index in [0.717, 1.165) is 12.4 Å². The van der Waals surface area contributed by atoms with E-state index in [1.165, 1.54) is 21.6 Å². The van der Waals surface area contributed by atoms with Gasteiger partial charge in [0.2, 0.25) is 0 Å². The molecule has 0 unspecified atom stereocenters. The number of hydrogen-bond acceptors (Lipinski definition) is 2. The van der Waals surface area contributed by atoms with Gasteiger partial charge in [0.05, 0.1) is 0 Å². The number of benzene rings is 1. The third-order valence-corrected chi connectivity index (χ3v) is 3.50. The summed E-state index contributed by atoms with van der Waals surface area (Å²) in [6.45, 7) is 2.83. The molecule has 0 aliphatic carbocycles. The third-order valence-electron chi connectivity index (χ3n) is 2.51. The highest BCUT2D eigenvalue weighted by Gasteiger charge is 2.17. The SMILES string of the molecule is Cc1ccc2c(c1)-c1sccc1CO2. The van der Waals surface area contributed by atoms with Gasteiger partial charge in [-0.05, 0) is 30.5 Å². The fourth-order valence-corrected chi connectivity index (χ4v) is 2.72. The van der Waals surface area contributed by atoms with Gasteiger partial charge in [-0.1, -0.05) is 11.6 Å². The Morgan fingerprint density at radius 1 is 1.29 bits per heavy atom. The molecule has 1 aromatic heterocycles. The molecule has 70 valence electrons. The molecular formula is C12H10OS. The lowest BCUT2D eigenvalue weighted by molar-refractivity contribution is 0.303. The molecule has 1 aromatic carbocycles. The van der Waals surface area contributed by atoms with Gasteiger partial charge in [-0.25, -0.2) is 0 Å². The average molecular weight is 202 g/mol. The molecule has 0 saturated heterocycles. The van der Waals surface area contributed by atoms with Gasteiger partial charge in [0.15, 0.2) is 0 Å². The van der Waals surface area contributed by atoms with Crippen molar-refractivity contribution in [2.75, 3.05) is 0 Å². The van der Waals surface area contributed by atoms with Gasteiger partial charge in [0, 0.05) is 16.0 Å². The van der Waals surface area contributed by atoms with Crippen LogP contribution >= 0.6 is 11.3 Å². The Balaban J connectivity index is 2.28. The molecule has 0 amide bonds. The molecule has 0 atom stereocenters. The molecule has 2 heterocycles. The Bertz CT molecular complexity index is 485. The fourth-order valence-electron chi connectivity index (χ4n) is 1.79. The summed E-state index contributed by atoms with van der Waals surface area (Å²) in [4.78, 5) is 1.37. The van der Waals surface area contributed by atoms with Crippen molar-refractivity contribution in [3.8, 4) is 16.2 Å². The van der Waals surface area contributed by atoms with Crippen LogP contribution in [-0.4, -0.2) is 0 Å². The van der Waals surface area contributed by atoms with E-state index in [1.807, 2.05) is 0 Å². The zero-order valence-corrected chi connectivity index (χ0v) is 8.73. The predicted molar refractivity (Wildman–Crippen MR) is 58.8 cm³/mol. The van der Waals surface area contributed by atoms with E-state index in [-0.39, 0.29) is 0 Å².